The fraction of sp³-hybridized carbons (Fsp3) is 0.650. The third-order valence-corrected chi connectivity index (χ3v) is 4.81. The predicted octanol–water partition coefficient (Wildman–Crippen LogP) is 4.58. The van der Waals surface area contributed by atoms with E-state index in [1.165, 1.54) is 18.4 Å². The second-order valence-electron chi connectivity index (χ2n) is 7.62. The van der Waals surface area contributed by atoms with Gasteiger partial charge in [-0.25, -0.2) is 0 Å². The molecule has 0 radical (unpaired) electrons. The van der Waals surface area contributed by atoms with Gasteiger partial charge in [0.2, 0.25) is 5.91 Å². The van der Waals surface area contributed by atoms with Crippen molar-refractivity contribution in [3.8, 4) is 0 Å². The van der Waals surface area contributed by atoms with E-state index in [-0.39, 0.29) is 5.41 Å². The van der Waals surface area contributed by atoms with Crippen LogP contribution < -0.4 is 5.32 Å². The quantitative estimate of drug-likeness (QED) is 0.862. The van der Waals surface area contributed by atoms with Gasteiger partial charge >= 0.3 is 0 Å². The monoisotopic (exact) mass is 316 g/mol. The molecule has 0 aliphatic carbocycles. The van der Waals surface area contributed by atoms with Gasteiger partial charge in [0.25, 0.3) is 0 Å². The SMILES string of the molecule is CCC1CCCCN1C(=O)CCNc1ccccc1C(C)(C)C. The Morgan fingerprint density at radius 1 is 1.26 bits per heavy atom. The van der Waals surface area contributed by atoms with Crippen molar-refractivity contribution in [1.29, 1.82) is 0 Å². The molecule has 1 aliphatic rings. The van der Waals surface area contributed by atoms with Gasteiger partial charge in [-0.3, -0.25) is 4.79 Å². The molecule has 1 heterocycles. The minimum absolute atomic E-state index is 0.105. The number of piperidine rings is 1. The van der Waals surface area contributed by atoms with Crippen molar-refractivity contribution in [3.63, 3.8) is 0 Å². The van der Waals surface area contributed by atoms with Crippen LogP contribution in [-0.4, -0.2) is 29.9 Å². The molecular weight excluding hydrogens is 284 g/mol. The Bertz CT molecular complexity index is 519. The smallest absolute Gasteiger partial charge is 0.224 e. The van der Waals surface area contributed by atoms with Crippen LogP contribution in [0.1, 0.15) is 65.4 Å². The fourth-order valence-electron chi connectivity index (χ4n) is 3.49. The number of benzene rings is 1. The highest BCUT2D eigenvalue weighted by Gasteiger charge is 2.24. The van der Waals surface area contributed by atoms with Crippen molar-refractivity contribution in [2.75, 3.05) is 18.4 Å². The summed E-state index contributed by atoms with van der Waals surface area (Å²) >= 11 is 0. The largest absolute Gasteiger partial charge is 0.384 e. The molecule has 1 unspecified atom stereocenters. The van der Waals surface area contributed by atoms with E-state index < -0.39 is 0 Å². The van der Waals surface area contributed by atoms with Gasteiger partial charge in [0.1, 0.15) is 0 Å². The topological polar surface area (TPSA) is 32.3 Å². The number of nitrogens with zero attached hydrogens (tertiary/aromatic N) is 1. The van der Waals surface area contributed by atoms with Crippen LogP contribution in [0.15, 0.2) is 24.3 Å². The summed E-state index contributed by atoms with van der Waals surface area (Å²) in [5.74, 6) is 0.303. The number of carbonyl (C=O) groups excluding carboxylic acids is 1. The number of hydrogen-bond donors (Lipinski definition) is 1. The first-order valence-corrected chi connectivity index (χ1v) is 9.06. The molecule has 1 aliphatic heterocycles. The Hall–Kier alpha value is -1.51. The number of carbonyl (C=O) groups is 1. The number of hydrogen-bond acceptors (Lipinski definition) is 2. The van der Waals surface area contributed by atoms with Crippen molar-refractivity contribution in [3.05, 3.63) is 29.8 Å². The minimum Gasteiger partial charge on any atom is -0.384 e. The molecule has 0 aromatic heterocycles. The molecule has 0 spiro atoms. The summed E-state index contributed by atoms with van der Waals surface area (Å²) in [4.78, 5) is 14.6. The molecule has 128 valence electrons. The minimum atomic E-state index is 0.105. The molecule has 3 nitrogen and oxygen atoms in total. The Kier molecular flexibility index (Phi) is 6.09. The lowest BCUT2D eigenvalue weighted by molar-refractivity contribution is -0.134. The lowest BCUT2D eigenvalue weighted by atomic mass is 9.86. The van der Waals surface area contributed by atoms with Gasteiger partial charge < -0.3 is 10.2 Å². The first-order chi connectivity index (χ1) is 10.9. The van der Waals surface area contributed by atoms with Gasteiger partial charge in [0.05, 0.1) is 0 Å². The lowest BCUT2D eigenvalue weighted by Gasteiger charge is -2.35. The van der Waals surface area contributed by atoms with E-state index in [0.29, 0.717) is 24.9 Å². The summed E-state index contributed by atoms with van der Waals surface area (Å²) in [6, 6.07) is 8.87. The highest BCUT2D eigenvalue weighted by Crippen LogP contribution is 2.29. The zero-order chi connectivity index (χ0) is 16.9. The molecule has 1 aromatic rings. The van der Waals surface area contributed by atoms with Crippen LogP contribution in [0.4, 0.5) is 5.69 Å². The summed E-state index contributed by atoms with van der Waals surface area (Å²) in [7, 11) is 0. The van der Waals surface area contributed by atoms with E-state index in [4.69, 9.17) is 0 Å². The van der Waals surface area contributed by atoms with E-state index in [2.05, 4.69) is 62.2 Å². The summed E-state index contributed by atoms with van der Waals surface area (Å²) in [5, 5.41) is 3.48. The summed E-state index contributed by atoms with van der Waals surface area (Å²) in [5.41, 5.74) is 2.56. The van der Waals surface area contributed by atoms with E-state index in [1.807, 2.05) is 0 Å². The molecule has 1 N–H and O–H groups in total. The molecule has 1 fully saturated rings. The summed E-state index contributed by atoms with van der Waals surface area (Å²) in [6.07, 6.45) is 5.24. The van der Waals surface area contributed by atoms with Gasteiger partial charge in [-0.1, -0.05) is 45.9 Å². The molecule has 3 heteroatoms. The zero-order valence-electron chi connectivity index (χ0n) is 15.2. The Morgan fingerprint density at radius 2 is 2.00 bits per heavy atom. The third-order valence-electron chi connectivity index (χ3n) is 4.81. The van der Waals surface area contributed by atoms with Crippen molar-refractivity contribution in [1.82, 2.24) is 4.90 Å². The molecule has 0 saturated carbocycles. The van der Waals surface area contributed by atoms with Crippen LogP contribution >= 0.6 is 0 Å². The van der Waals surface area contributed by atoms with Crippen LogP contribution in [-0.2, 0) is 10.2 Å². The summed E-state index contributed by atoms with van der Waals surface area (Å²) in [6.45, 7) is 10.5. The maximum Gasteiger partial charge on any atom is 0.224 e. The van der Waals surface area contributed by atoms with Crippen LogP contribution in [0.5, 0.6) is 0 Å². The molecule has 23 heavy (non-hydrogen) atoms. The van der Waals surface area contributed by atoms with Crippen LogP contribution in [0.3, 0.4) is 0 Å². The fourth-order valence-corrected chi connectivity index (χ4v) is 3.49. The molecule has 1 saturated heterocycles. The molecule has 0 bridgehead atoms. The van der Waals surface area contributed by atoms with Crippen molar-refractivity contribution in [2.24, 2.45) is 0 Å². The molecule has 1 amide bonds. The van der Waals surface area contributed by atoms with E-state index >= 15 is 0 Å². The van der Waals surface area contributed by atoms with Crippen molar-refractivity contribution in [2.45, 2.75) is 71.3 Å². The van der Waals surface area contributed by atoms with Gasteiger partial charge in [-0.05, 0) is 42.7 Å². The van der Waals surface area contributed by atoms with Gasteiger partial charge in [0.15, 0.2) is 0 Å². The molecular formula is C20H32N2O. The van der Waals surface area contributed by atoms with Gasteiger partial charge in [-0.2, -0.15) is 0 Å². The Labute approximate surface area is 141 Å². The molecule has 2 rings (SSSR count). The van der Waals surface area contributed by atoms with Crippen molar-refractivity contribution < 1.29 is 4.79 Å². The molecule has 1 aromatic carbocycles. The lowest BCUT2D eigenvalue weighted by Crippen LogP contribution is -2.43. The average molecular weight is 316 g/mol. The Morgan fingerprint density at radius 3 is 2.70 bits per heavy atom. The van der Waals surface area contributed by atoms with Gasteiger partial charge in [-0.15, -0.1) is 0 Å². The number of anilines is 1. The van der Waals surface area contributed by atoms with Crippen LogP contribution in [0.25, 0.3) is 0 Å². The predicted molar refractivity (Wildman–Crippen MR) is 97.9 cm³/mol. The Balaban J connectivity index is 1.91. The van der Waals surface area contributed by atoms with Gasteiger partial charge in [0, 0.05) is 31.2 Å². The van der Waals surface area contributed by atoms with Crippen LogP contribution in [0.2, 0.25) is 0 Å². The van der Waals surface area contributed by atoms with E-state index in [1.54, 1.807) is 0 Å². The number of rotatable bonds is 5. The number of likely N-dealkylation sites (tertiary alicyclic amines) is 1. The second kappa shape index (κ2) is 7.85. The zero-order valence-corrected chi connectivity index (χ0v) is 15.2. The first kappa shape index (κ1) is 17.8. The molecule has 1 atom stereocenters. The first-order valence-electron chi connectivity index (χ1n) is 9.06. The highest BCUT2D eigenvalue weighted by atomic mass is 16.2. The maximum atomic E-state index is 12.5. The maximum absolute atomic E-state index is 12.5. The highest BCUT2D eigenvalue weighted by molar-refractivity contribution is 5.77. The third kappa shape index (κ3) is 4.73. The average Bonchev–Trinajstić information content (AvgIpc) is 2.54. The number of nitrogens with one attached hydrogen (secondary N) is 1. The van der Waals surface area contributed by atoms with E-state index in [9.17, 15) is 4.79 Å². The second-order valence-corrected chi connectivity index (χ2v) is 7.62. The number of para-hydroxylation sites is 1. The standard InChI is InChI=1S/C20H32N2O/c1-5-16-10-8-9-15-22(16)19(23)13-14-21-18-12-7-6-11-17(18)20(2,3)4/h6-7,11-12,16,21H,5,8-10,13-15H2,1-4H3. The normalized spacial score (nSPS) is 18.8. The van der Waals surface area contributed by atoms with Crippen molar-refractivity contribution >= 4 is 11.6 Å². The summed E-state index contributed by atoms with van der Waals surface area (Å²) < 4.78 is 0. The van der Waals surface area contributed by atoms with E-state index in [0.717, 1.165) is 25.1 Å². The van der Waals surface area contributed by atoms with Crippen LogP contribution in [0, 0.1) is 0 Å². The number of amides is 1.